The highest BCUT2D eigenvalue weighted by Gasteiger charge is 2.30. The maximum absolute atomic E-state index is 12.5. The van der Waals surface area contributed by atoms with Gasteiger partial charge in [-0.25, -0.2) is 14.6 Å². The number of esters is 1. The van der Waals surface area contributed by atoms with Crippen LogP contribution < -0.4 is 15.4 Å². The average molecular weight is 394 g/mol. The number of carbonyl (C=O) groups is 2. The molecule has 1 aliphatic heterocycles. The zero-order chi connectivity index (χ0) is 19.7. The molecule has 144 valence electrons. The topological polar surface area (TPSA) is 132 Å². The molecule has 11 heteroatoms. The number of rotatable bonds is 4. The predicted molar refractivity (Wildman–Crippen MR) is 91.8 cm³/mol. The van der Waals surface area contributed by atoms with Crippen LogP contribution in [-0.4, -0.2) is 41.1 Å². The Morgan fingerprint density at radius 1 is 1.48 bits per heavy atom. The zero-order valence-corrected chi connectivity index (χ0v) is 15.8. The van der Waals surface area contributed by atoms with Gasteiger partial charge in [-0.2, -0.15) is 0 Å². The summed E-state index contributed by atoms with van der Waals surface area (Å²) in [7, 11) is 1.43. The summed E-state index contributed by atoms with van der Waals surface area (Å²) in [5.74, 6) is -1.48. The molecule has 3 rings (SSSR count). The summed E-state index contributed by atoms with van der Waals surface area (Å²) in [5.41, 5.74) is -0.196. The monoisotopic (exact) mass is 394 g/mol. The number of nitrogens with one attached hydrogen (secondary N) is 1. The summed E-state index contributed by atoms with van der Waals surface area (Å²) in [5, 5.41) is 14.9. The molecule has 0 spiro atoms. The Kier molecular flexibility index (Phi) is 5.13. The Labute approximate surface area is 157 Å². The van der Waals surface area contributed by atoms with Crippen molar-refractivity contribution in [3.8, 4) is 0 Å². The lowest BCUT2D eigenvalue weighted by Gasteiger charge is -2.25. The standard InChI is InChI=1S/C16H18N4O6S/c1-4-25-15(23)11-9-5-6-20(8(2)21)7-10(9)27-14(11)17-13(22)12-16(24)26-18-19(12)3/h4-7H2,1-3H3,(H-,17,18,22,23,24). The zero-order valence-electron chi connectivity index (χ0n) is 15.0. The lowest BCUT2D eigenvalue weighted by atomic mass is 10.0. The van der Waals surface area contributed by atoms with Crippen molar-refractivity contribution in [2.45, 2.75) is 26.8 Å². The van der Waals surface area contributed by atoms with Crippen molar-refractivity contribution in [2.75, 3.05) is 13.2 Å². The van der Waals surface area contributed by atoms with Crippen molar-refractivity contribution in [1.29, 1.82) is 0 Å². The Morgan fingerprint density at radius 2 is 2.22 bits per heavy atom. The van der Waals surface area contributed by atoms with Gasteiger partial charge in [0, 0.05) is 18.3 Å². The minimum Gasteiger partial charge on any atom is -0.854 e. The number of aryl methyl sites for hydroxylation is 1. The first kappa shape index (κ1) is 18.8. The summed E-state index contributed by atoms with van der Waals surface area (Å²) in [6, 6.07) is 0. The van der Waals surface area contributed by atoms with E-state index in [1.165, 1.54) is 14.0 Å². The van der Waals surface area contributed by atoms with Gasteiger partial charge in [-0.05, 0) is 24.2 Å². The van der Waals surface area contributed by atoms with Crippen LogP contribution in [0.2, 0.25) is 0 Å². The van der Waals surface area contributed by atoms with E-state index in [1.807, 2.05) is 0 Å². The predicted octanol–water partition coefficient (Wildman–Crippen LogP) is -0.626. The molecule has 10 nitrogen and oxygen atoms in total. The smallest absolute Gasteiger partial charge is 0.435 e. The lowest BCUT2D eigenvalue weighted by molar-refractivity contribution is -0.742. The summed E-state index contributed by atoms with van der Waals surface area (Å²) in [6.07, 6.45) is 0.462. The minimum absolute atomic E-state index is 0.0711. The number of hydrogen-bond donors (Lipinski definition) is 1. The molecule has 1 amide bonds. The van der Waals surface area contributed by atoms with Gasteiger partial charge in [0.1, 0.15) is 5.00 Å². The Hall–Kier alpha value is -2.95. The van der Waals surface area contributed by atoms with E-state index in [-0.39, 0.29) is 28.8 Å². The van der Waals surface area contributed by atoms with Gasteiger partial charge in [0.25, 0.3) is 0 Å². The van der Waals surface area contributed by atoms with Crippen molar-refractivity contribution in [3.63, 3.8) is 0 Å². The van der Waals surface area contributed by atoms with Crippen molar-refractivity contribution in [2.24, 2.45) is 12.0 Å². The fourth-order valence-electron chi connectivity index (χ4n) is 2.87. The van der Waals surface area contributed by atoms with Gasteiger partial charge in [0.05, 0.1) is 24.6 Å². The first-order valence-electron chi connectivity index (χ1n) is 8.24. The number of aliphatic imine (C=N–C) groups is 1. The lowest BCUT2D eigenvalue weighted by Crippen LogP contribution is -2.43. The van der Waals surface area contributed by atoms with Gasteiger partial charge in [-0.15, -0.1) is 11.3 Å². The Morgan fingerprint density at radius 3 is 2.81 bits per heavy atom. The maximum Gasteiger partial charge on any atom is 0.435 e. The summed E-state index contributed by atoms with van der Waals surface area (Å²) >= 11 is 1.14. The van der Waals surface area contributed by atoms with E-state index in [4.69, 9.17) is 4.74 Å². The Bertz CT molecular complexity index is 986. The number of aromatic nitrogens is 2. The number of fused-ring (bicyclic) bond motifs is 1. The van der Waals surface area contributed by atoms with Crippen molar-refractivity contribution >= 4 is 34.1 Å². The molecule has 0 fully saturated rings. The molecular weight excluding hydrogens is 376 g/mol. The molecule has 0 unspecified atom stereocenters. The van der Waals surface area contributed by atoms with Crippen LogP contribution in [-0.2, 0) is 29.5 Å². The second-order valence-corrected chi connectivity index (χ2v) is 6.98. The second kappa shape index (κ2) is 7.35. The van der Waals surface area contributed by atoms with Crippen LogP contribution >= 0.6 is 11.3 Å². The molecule has 0 radical (unpaired) electrons. The molecule has 0 saturated heterocycles. The first-order valence-corrected chi connectivity index (χ1v) is 9.05. The third-order valence-corrected chi connectivity index (χ3v) is 5.28. The number of amides is 1. The highest BCUT2D eigenvalue weighted by molar-refractivity contribution is 7.16. The van der Waals surface area contributed by atoms with Crippen molar-refractivity contribution in [1.82, 2.24) is 10.2 Å². The molecule has 0 atom stereocenters. The molecule has 0 bridgehead atoms. The van der Waals surface area contributed by atoms with E-state index < -0.39 is 17.5 Å². The van der Waals surface area contributed by atoms with Gasteiger partial charge in [0.2, 0.25) is 5.91 Å². The van der Waals surface area contributed by atoms with Gasteiger partial charge < -0.3 is 14.7 Å². The molecule has 2 aromatic rings. The Balaban J connectivity index is 2.09. The molecule has 1 N–H and O–H groups in total. The number of aromatic amines is 1. The summed E-state index contributed by atoms with van der Waals surface area (Å²) in [4.78, 5) is 42.2. The van der Waals surface area contributed by atoms with Gasteiger partial charge >= 0.3 is 17.3 Å². The van der Waals surface area contributed by atoms with Crippen LogP contribution in [0.25, 0.3) is 0 Å². The normalized spacial score (nSPS) is 14.2. The van der Waals surface area contributed by atoms with E-state index in [0.29, 0.717) is 19.5 Å². The second-order valence-electron chi connectivity index (χ2n) is 5.90. The quantitative estimate of drug-likeness (QED) is 0.318. The van der Waals surface area contributed by atoms with Crippen molar-refractivity contribution in [3.05, 3.63) is 32.1 Å². The molecule has 0 aliphatic carbocycles. The third kappa shape index (κ3) is 3.50. The first-order chi connectivity index (χ1) is 12.8. The fraction of sp³-hybridized carbons (Fsp3) is 0.438. The molecule has 27 heavy (non-hydrogen) atoms. The van der Waals surface area contributed by atoms with E-state index in [2.05, 4.69) is 14.8 Å². The number of nitrogens with zero attached hydrogens (tertiary/aromatic N) is 3. The molecule has 3 heterocycles. The molecule has 0 saturated carbocycles. The molecule has 0 aromatic carbocycles. The third-order valence-electron chi connectivity index (χ3n) is 4.17. The number of H-pyrrole nitrogens is 1. The number of hydrogen-bond acceptors (Lipinski definition) is 8. The molecule has 1 aliphatic rings. The number of carbonyl (C=O) groups excluding carboxylic acids is 2. The van der Waals surface area contributed by atoms with Gasteiger partial charge in [-0.1, -0.05) is 4.68 Å². The van der Waals surface area contributed by atoms with E-state index in [0.717, 1.165) is 26.5 Å². The fourth-order valence-corrected chi connectivity index (χ4v) is 4.09. The largest absolute Gasteiger partial charge is 0.854 e. The van der Waals surface area contributed by atoms with E-state index >= 15 is 0 Å². The van der Waals surface area contributed by atoms with Crippen molar-refractivity contribution < 1.29 is 28.6 Å². The van der Waals surface area contributed by atoms with Gasteiger partial charge in [-0.3, -0.25) is 9.32 Å². The summed E-state index contributed by atoms with van der Waals surface area (Å²) < 4.78 is 10.8. The van der Waals surface area contributed by atoms with Crippen LogP contribution in [0.3, 0.4) is 0 Å². The highest BCUT2D eigenvalue weighted by atomic mass is 32.1. The summed E-state index contributed by atoms with van der Waals surface area (Å²) in [6.45, 7) is 4.14. The van der Waals surface area contributed by atoms with Crippen LogP contribution in [0.1, 0.15) is 40.3 Å². The number of thiophene rings is 1. The van der Waals surface area contributed by atoms with Gasteiger partial charge in [0.15, 0.2) is 7.05 Å². The minimum atomic E-state index is -0.854. The molecule has 2 aromatic heterocycles. The maximum atomic E-state index is 12.5. The van der Waals surface area contributed by atoms with Crippen LogP contribution in [0, 0.1) is 0 Å². The average Bonchev–Trinajstić information content (AvgIpc) is 3.13. The highest BCUT2D eigenvalue weighted by Crippen LogP contribution is 2.39. The van der Waals surface area contributed by atoms with Crippen LogP contribution in [0.4, 0.5) is 5.00 Å². The SMILES string of the molecule is CCOC(=O)c1c(/N=C(\[O-])c2c(=O)o[nH][n+]2C)sc2c1CCN(C(C)=O)C2. The van der Waals surface area contributed by atoms with Crippen LogP contribution in [0.5, 0.6) is 0 Å². The van der Waals surface area contributed by atoms with E-state index in [9.17, 15) is 19.5 Å². The number of ether oxygens (including phenoxy) is 1. The molecular formula is C16H18N4O6S. The van der Waals surface area contributed by atoms with Crippen LogP contribution in [0.15, 0.2) is 14.3 Å². The van der Waals surface area contributed by atoms with E-state index in [1.54, 1.807) is 11.8 Å².